The number of urea groups is 1. The molecule has 2 aromatic rings. The maximum atomic E-state index is 14.6. The normalized spacial score (nSPS) is 16.0. The van der Waals surface area contributed by atoms with Gasteiger partial charge in [-0.2, -0.15) is 0 Å². The molecule has 0 heterocycles. The summed E-state index contributed by atoms with van der Waals surface area (Å²) in [5, 5.41) is 11.2. The number of nitrogens with two attached hydrogens (primary N) is 2. The number of ether oxygens (including phenoxy) is 1. The van der Waals surface area contributed by atoms with E-state index in [9.17, 15) is 42.0 Å². The predicted octanol–water partition coefficient (Wildman–Crippen LogP) is 4.69. The van der Waals surface area contributed by atoms with Gasteiger partial charge < -0.3 is 42.4 Å². The summed E-state index contributed by atoms with van der Waals surface area (Å²) in [6.45, 7) is 23.1. The van der Waals surface area contributed by atoms with Crippen molar-refractivity contribution in [2.45, 2.75) is 167 Å². The zero-order valence-corrected chi connectivity index (χ0v) is 45.7. The summed E-state index contributed by atoms with van der Waals surface area (Å²) < 4.78 is 35.1. The smallest absolute Gasteiger partial charge is 0.410 e. The lowest BCUT2D eigenvalue weighted by Gasteiger charge is -2.42. The molecule has 0 aliphatic heterocycles. The highest BCUT2D eigenvalue weighted by molar-refractivity contribution is 7.90. The van der Waals surface area contributed by atoms with E-state index in [1.54, 1.807) is 74.6 Å². The third-order valence-corrected chi connectivity index (χ3v) is 14.2. The van der Waals surface area contributed by atoms with Gasteiger partial charge in [-0.05, 0) is 93.9 Å². The predicted molar refractivity (Wildman–Crippen MR) is 276 cm³/mol. The summed E-state index contributed by atoms with van der Waals surface area (Å²) in [6, 6.07) is 9.44. The van der Waals surface area contributed by atoms with Crippen LogP contribution < -0.4 is 37.5 Å². The van der Waals surface area contributed by atoms with Gasteiger partial charge in [-0.3, -0.25) is 28.9 Å². The highest BCUT2D eigenvalue weighted by atomic mass is 32.2. The van der Waals surface area contributed by atoms with Crippen LogP contribution in [0.3, 0.4) is 0 Å². The molecule has 9 N–H and O–H groups in total. The van der Waals surface area contributed by atoms with Crippen molar-refractivity contribution in [3.63, 3.8) is 0 Å². The molecule has 3 rings (SSSR count). The molecule has 0 spiro atoms. The first-order valence-corrected chi connectivity index (χ1v) is 25.9. The summed E-state index contributed by atoms with van der Waals surface area (Å²) >= 11 is 0. The van der Waals surface area contributed by atoms with Gasteiger partial charge in [0, 0.05) is 31.6 Å². The summed E-state index contributed by atoms with van der Waals surface area (Å²) in [6.07, 6.45) is 2.37. The second-order valence-corrected chi connectivity index (χ2v) is 23.9. The minimum Gasteiger partial charge on any atom is -0.444 e. The Morgan fingerprint density at radius 1 is 0.792 bits per heavy atom. The van der Waals surface area contributed by atoms with Crippen molar-refractivity contribution < 1.29 is 46.7 Å². The molecule has 0 saturated heterocycles. The van der Waals surface area contributed by atoms with Gasteiger partial charge in [0.1, 0.15) is 23.7 Å². The summed E-state index contributed by atoms with van der Waals surface area (Å²) in [7, 11) is -1.39. The Morgan fingerprint density at radius 2 is 1.36 bits per heavy atom. The van der Waals surface area contributed by atoms with Gasteiger partial charge in [0.2, 0.25) is 23.6 Å². The average Bonchev–Trinajstić information content (AvgIpc) is 4.06. The molecule has 0 aromatic heterocycles. The Labute approximate surface area is 426 Å². The van der Waals surface area contributed by atoms with Crippen LogP contribution in [0.15, 0.2) is 71.1 Å². The maximum absolute atomic E-state index is 14.6. The van der Waals surface area contributed by atoms with Crippen molar-refractivity contribution in [3.8, 4) is 0 Å². The fourth-order valence-corrected chi connectivity index (χ4v) is 9.28. The van der Waals surface area contributed by atoms with Crippen molar-refractivity contribution in [3.05, 3.63) is 77.4 Å². The number of hydrogen-bond acceptors (Lipinski definition) is 11. The summed E-state index contributed by atoms with van der Waals surface area (Å²) in [4.78, 5) is 96.6. The minimum absolute atomic E-state index is 0.00889. The summed E-state index contributed by atoms with van der Waals surface area (Å²) in [5.74, 6) is -3.47. The van der Waals surface area contributed by atoms with E-state index in [1.165, 1.54) is 42.0 Å². The van der Waals surface area contributed by atoms with Crippen LogP contribution in [-0.4, -0.2) is 116 Å². The molecule has 2 aromatic carbocycles. The molecule has 0 bridgehead atoms. The van der Waals surface area contributed by atoms with Crippen molar-refractivity contribution >= 4 is 51.7 Å². The number of likely N-dealkylation sites (N-methyl/N-ethyl adjacent to an activating group) is 2. The fraction of sp³-hybridized carbons (Fsp3) is 0.596. The molecular weight excluding hydrogens is 943 g/mol. The zero-order valence-electron chi connectivity index (χ0n) is 44.9. The molecule has 400 valence electrons. The second kappa shape index (κ2) is 24.1. The molecule has 72 heavy (non-hydrogen) atoms. The number of benzene rings is 2. The van der Waals surface area contributed by atoms with Crippen LogP contribution in [0.25, 0.3) is 0 Å². The van der Waals surface area contributed by atoms with E-state index in [4.69, 9.17) is 16.2 Å². The molecule has 20 heteroatoms. The number of sulfonamides is 1. The maximum Gasteiger partial charge on any atom is 0.410 e. The number of rotatable bonds is 22. The molecule has 1 fully saturated rings. The van der Waals surface area contributed by atoms with Gasteiger partial charge >= 0.3 is 12.1 Å². The van der Waals surface area contributed by atoms with E-state index in [1.807, 2.05) is 58.0 Å². The number of nitrogens with zero attached hydrogens (tertiary/aromatic N) is 2. The van der Waals surface area contributed by atoms with Crippen LogP contribution in [0.5, 0.6) is 0 Å². The first-order valence-electron chi connectivity index (χ1n) is 24.4. The van der Waals surface area contributed by atoms with Crippen LogP contribution in [0.1, 0.15) is 127 Å². The molecule has 1 saturated carbocycles. The van der Waals surface area contributed by atoms with Gasteiger partial charge in [0.25, 0.3) is 15.9 Å². The SMILES string of the molecule is C/C(=C\[C@H](C(C)C)N(C)C(=O)[C@@H](NC(=O)[C@@H](N(C)C(=O)OC(C)(C)C)C(C)(C)c1ccccc1)C(C)(C)C)C(=O)NS(=O)(=O)c1ccc(C2(NC(=O)[C@H](CCCNC(N)=O)NC(=O)[C@@H](N)C(C)C)CC2)cc1. The van der Waals surface area contributed by atoms with Gasteiger partial charge in [0.05, 0.1) is 22.5 Å². The lowest BCUT2D eigenvalue weighted by molar-refractivity contribution is -0.141. The molecular formula is C52H81N9O10S. The largest absolute Gasteiger partial charge is 0.444 e. The monoisotopic (exact) mass is 1020 g/mol. The fourth-order valence-electron chi connectivity index (χ4n) is 8.26. The molecule has 1 aliphatic carbocycles. The molecule has 5 atom stereocenters. The van der Waals surface area contributed by atoms with Crippen molar-refractivity contribution in [2.24, 2.45) is 28.7 Å². The van der Waals surface area contributed by atoms with Crippen LogP contribution in [0.2, 0.25) is 0 Å². The van der Waals surface area contributed by atoms with E-state index in [2.05, 4.69) is 26.0 Å². The molecule has 0 unspecified atom stereocenters. The number of amides is 8. The number of hydrogen-bond donors (Lipinski definition) is 7. The van der Waals surface area contributed by atoms with Crippen LogP contribution in [0.4, 0.5) is 9.59 Å². The lowest BCUT2D eigenvalue weighted by atomic mass is 9.76. The Kier molecular flexibility index (Phi) is 20.2. The first kappa shape index (κ1) is 60.3. The Morgan fingerprint density at radius 3 is 1.85 bits per heavy atom. The third-order valence-electron chi connectivity index (χ3n) is 12.9. The number of primary amides is 1. The summed E-state index contributed by atoms with van der Waals surface area (Å²) in [5.41, 5.74) is 9.10. The number of carbonyl (C=O) groups is 7. The van der Waals surface area contributed by atoms with E-state index >= 15 is 0 Å². The molecule has 1 aliphatic rings. The van der Waals surface area contributed by atoms with E-state index in [0.717, 1.165) is 5.56 Å². The van der Waals surface area contributed by atoms with Crippen molar-refractivity contribution in [1.29, 1.82) is 0 Å². The van der Waals surface area contributed by atoms with Crippen molar-refractivity contribution in [2.75, 3.05) is 20.6 Å². The van der Waals surface area contributed by atoms with E-state index in [-0.39, 0.29) is 35.3 Å². The number of nitrogens with one attached hydrogen (secondary N) is 5. The highest BCUT2D eigenvalue weighted by Crippen LogP contribution is 2.46. The van der Waals surface area contributed by atoms with Crippen LogP contribution in [0, 0.1) is 17.3 Å². The van der Waals surface area contributed by atoms with Crippen LogP contribution in [-0.2, 0) is 49.7 Å². The second-order valence-electron chi connectivity index (χ2n) is 22.2. The van der Waals surface area contributed by atoms with E-state index < -0.39 is 104 Å². The van der Waals surface area contributed by atoms with Crippen molar-refractivity contribution in [1.82, 2.24) is 35.8 Å². The Bertz CT molecular complexity index is 2410. The van der Waals surface area contributed by atoms with Crippen LogP contribution >= 0.6 is 0 Å². The third kappa shape index (κ3) is 16.2. The standard InChI is InChI=1S/C52H81N9O10S/c1-31(2)38(60(14)46(66)40(49(6,7)8)57-45(65)41(61(15)48(68)71-50(9,10)11)51(12,13)34-20-17-16-18-21-34)30-33(5)42(62)59-72(69,70)36-25-23-35(24-26-36)52(27-28-52)58-43(63)37(22-19-29-55-47(54)67)56-44(64)39(53)32(3)4/h16-18,20-21,23-26,30-32,37-41H,19,22,27-29,53H2,1-15H3,(H,56,64)(H,57,65)(H,58,63)(H,59,62)(H3,54,55,67)/b33-30+/t37-,38+,39-,40+,41+/m0/s1. The van der Waals surface area contributed by atoms with Gasteiger partial charge in [-0.15, -0.1) is 0 Å². The highest BCUT2D eigenvalue weighted by Gasteiger charge is 2.48. The van der Waals surface area contributed by atoms with Gasteiger partial charge in [0.15, 0.2) is 0 Å². The molecule has 0 radical (unpaired) electrons. The topological polar surface area (TPSA) is 282 Å². The Hall–Kier alpha value is -6.02. The Balaban J connectivity index is 1.84. The molecule has 8 amide bonds. The lowest BCUT2D eigenvalue weighted by Crippen LogP contribution is -2.63. The first-order chi connectivity index (χ1) is 33.1. The average molecular weight is 1020 g/mol. The number of carbonyl (C=O) groups excluding carboxylic acids is 7. The molecule has 19 nitrogen and oxygen atoms in total. The quantitative estimate of drug-likeness (QED) is 0.0628. The van der Waals surface area contributed by atoms with Gasteiger partial charge in [-0.25, -0.2) is 22.7 Å². The van der Waals surface area contributed by atoms with E-state index in [0.29, 0.717) is 24.8 Å². The van der Waals surface area contributed by atoms with Gasteiger partial charge in [-0.1, -0.05) is 111 Å². The zero-order chi connectivity index (χ0) is 54.9. The minimum atomic E-state index is -4.42.